The molecule has 1 saturated heterocycles. The van der Waals surface area contributed by atoms with Gasteiger partial charge in [-0.15, -0.1) is 0 Å². The van der Waals surface area contributed by atoms with Crippen LogP contribution >= 0.6 is 0 Å². The van der Waals surface area contributed by atoms with Crippen LogP contribution in [0.5, 0.6) is 0 Å². The second-order valence-corrected chi connectivity index (χ2v) is 6.21. The summed E-state index contributed by atoms with van der Waals surface area (Å²) in [7, 11) is 0. The number of nitrogens with zero attached hydrogens (tertiary/aromatic N) is 1. The molecular formula is C16H13F3N2O4. The Labute approximate surface area is 140 Å². The summed E-state index contributed by atoms with van der Waals surface area (Å²) in [6.45, 7) is 2.92. The van der Waals surface area contributed by atoms with Gasteiger partial charge in [-0.1, -0.05) is 13.8 Å². The molecule has 0 saturated carbocycles. The minimum Gasteiger partial charge on any atom is -0.295 e. The van der Waals surface area contributed by atoms with Crippen LogP contribution in [-0.2, 0) is 9.59 Å². The van der Waals surface area contributed by atoms with Gasteiger partial charge in [0.1, 0.15) is 6.04 Å². The number of carbonyl (C=O) groups is 4. The van der Waals surface area contributed by atoms with Gasteiger partial charge in [0.15, 0.2) is 17.5 Å². The van der Waals surface area contributed by atoms with E-state index in [9.17, 15) is 32.3 Å². The van der Waals surface area contributed by atoms with E-state index in [1.807, 2.05) is 5.32 Å². The molecule has 1 aromatic rings. The van der Waals surface area contributed by atoms with Crippen molar-refractivity contribution in [3.63, 3.8) is 0 Å². The molecule has 0 radical (unpaired) electrons. The number of hydrogen-bond donors (Lipinski definition) is 1. The lowest BCUT2D eigenvalue weighted by atomic mass is 9.93. The predicted octanol–water partition coefficient (Wildman–Crippen LogP) is 1.63. The smallest absolute Gasteiger partial charge is 0.265 e. The van der Waals surface area contributed by atoms with Crippen LogP contribution in [0, 0.1) is 17.5 Å². The second-order valence-electron chi connectivity index (χ2n) is 6.21. The third kappa shape index (κ3) is 2.33. The van der Waals surface area contributed by atoms with Gasteiger partial charge < -0.3 is 0 Å². The van der Waals surface area contributed by atoms with Gasteiger partial charge in [-0.3, -0.25) is 29.4 Å². The summed E-state index contributed by atoms with van der Waals surface area (Å²) in [6.07, 6.45) is -0.258. The minimum atomic E-state index is -1.84. The molecule has 2 aliphatic heterocycles. The van der Waals surface area contributed by atoms with E-state index in [-0.39, 0.29) is 12.8 Å². The zero-order valence-electron chi connectivity index (χ0n) is 13.3. The summed E-state index contributed by atoms with van der Waals surface area (Å²) in [5, 5.41) is 1.98. The number of halogens is 3. The number of fused-ring (bicyclic) bond motifs is 1. The number of amides is 4. The normalized spacial score (nSPS) is 20.4. The van der Waals surface area contributed by atoms with Crippen molar-refractivity contribution in [1.82, 2.24) is 10.2 Å². The highest BCUT2D eigenvalue weighted by Crippen LogP contribution is 2.37. The monoisotopic (exact) mass is 354 g/mol. The van der Waals surface area contributed by atoms with Crippen LogP contribution in [0.15, 0.2) is 0 Å². The zero-order chi connectivity index (χ0) is 18.6. The van der Waals surface area contributed by atoms with E-state index in [0.29, 0.717) is 4.90 Å². The fourth-order valence-electron chi connectivity index (χ4n) is 3.19. The fraction of sp³-hybridized carbons (Fsp3) is 0.375. The van der Waals surface area contributed by atoms with Gasteiger partial charge in [-0.2, -0.15) is 0 Å². The number of benzene rings is 1. The molecule has 1 N–H and O–H groups in total. The lowest BCUT2D eigenvalue weighted by Crippen LogP contribution is -2.54. The van der Waals surface area contributed by atoms with Crippen LogP contribution in [0.4, 0.5) is 13.2 Å². The van der Waals surface area contributed by atoms with Crippen molar-refractivity contribution in [3.05, 3.63) is 34.1 Å². The van der Waals surface area contributed by atoms with E-state index in [0.717, 1.165) is 0 Å². The van der Waals surface area contributed by atoms with Gasteiger partial charge in [0.2, 0.25) is 11.8 Å². The number of nitrogens with one attached hydrogen (secondary N) is 1. The summed E-state index contributed by atoms with van der Waals surface area (Å²) in [6, 6.07) is -1.34. The Bertz CT molecular complexity index is 851. The van der Waals surface area contributed by atoms with E-state index in [1.165, 1.54) is 13.8 Å². The van der Waals surface area contributed by atoms with Crippen molar-refractivity contribution in [2.45, 2.75) is 38.6 Å². The molecule has 2 heterocycles. The van der Waals surface area contributed by atoms with Crippen LogP contribution in [-0.4, -0.2) is 34.6 Å². The maximum Gasteiger partial charge on any atom is 0.265 e. The molecule has 3 rings (SSSR count). The van der Waals surface area contributed by atoms with E-state index < -0.39 is 69.7 Å². The Morgan fingerprint density at radius 1 is 0.960 bits per heavy atom. The quantitative estimate of drug-likeness (QED) is 0.646. The molecule has 0 unspecified atom stereocenters. The van der Waals surface area contributed by atoms with Gasteiger partial charge in [0, 0.05) is 12.0 Å². The standard InChI is InChI=1S/C16H13F3N2O4/c1-5(2)8-9-10(12(18)13(19)11(8)17)16(25)21(15(9)24)6-3-4-7(22)20-14(6)23/h5-6H,3-4H2,1-2H3,(H,20,22,23)/t6-/m0/s1. The summed E-state index contributed by atoms with van der Waals surface area (Å²) < 4.78 is 42.2. The Balaban J connectivity index is 2.17. The molecule has 4 amide bonds. The molecule has 0 spiro atoms. The Morgan fingerprint density at radius 2 is 1.56 bits per heavy atom. The van der Waals surface area contributed by atoms with Crippen molar-refractivity contribution >= 4 is 23.6 Å². The molecule has 1 fully saturated rings. The van der Waals surface area contributed by atoms with Crippen LogP contribution in [0.1, 0.15) is 58.9 Å². The van der Waals surface area contributed by atoms with Crippen molar-refractivity contribution < 1.29 is 32.3 Å². The Hall–Kier alpha value is -2.71. The van der Waals surface area contributed by atoms with Gasteiger partial charge in [-0.25, -0.2) is 13.2 Å². The van der Waals surface area contributed by atoms with Crippen molar-refractivity contribution in [2.24, 2.45) is 0 Å². The highest BCUT2D eigenvalue weighted by Gasteiger charge is 2.49. The first-order valence-corrected chi connectivity index (χ1v) is 7.58. The number of imide groups is 2. The van der Waals surface area contributed by atoms with Gasteiger partial charge >= 0.3 is 0 Å². The van der Waals surface area contributed by atoms with Crippen LogP contribution in [0.2, 0.25) is 0 Å². The molecule has 25 heavy (non-hydrogen) atoms. The lowest BCUT2D eigenvalue weighted by molar-refractivity contribution is -0.136. The maximum absolute atomic E-state index is 14.2. The predicted molar refractivity (Wildman–Crippen MR) is 77.1 cm³/mol. The van der Waals surface area contributed by atoms with E-state index in [1.54, 1.807) is 0 Å². The van der Waals surface area contributed by atoms with Gasteiger partial charge in [-0.05, 0) is 12.3 Å². The molecule has 1 aromatic carbocycles. The highest BCUT2D eigenvalue weighted by molar-refractivity contribution is 6.24. The van der Waals surface area contributed by atoms with Crippen LogP contribution in [0.3, 0.4) is 0 Å². The van der Waals surface area contributed by atoms with Gasteiger partial charge in [0.25, 0.3) is 11.8 Å². The van der Waals surface area contributed by atoms with Gasteiger partial charge in [0.05, 0.1) is 11.1 Å². The largest absolute Gasteiger partial charge is 0.295 e. The van der Waals surface area contributed by atoms with E-state index in [2.05, 4.69) is 0 Å². The Morgan fingerprint density at radius 3 is 2.12 bits per heavy atom. The molecule has 0 aliphatic carbocycles. The maximum atomic E-state index is 14.2. The molecule has 1 atom stereocenters. The van der Waals surface area contributed by atoms with Crippen molar-refractivity contribution in [1.29, 1.82) is 0 Å². The molecular weight excluding hydrogens is 341 g/mol. The average Bonchev–Trinajstić information content (AvgIpc) is 2.77. The molecule has 6 nitrogen and oxygen atoms in total. The van der Waals surface area contributed by atoms with Crippen LogP contribution in [0.25, 0.3) is 0 Å². The van der Waals surface area contributed by atoms with Crippen LogP contribution < -0.4 is 5.32 Å². The summed E-state index contributed by atoms with van der Waals surface area (Å²) in [5.74, 6) is -9.58. The molecule has 0 bridgehead atoms. The SMILES string of the molecule is CC(C)c1c(F)c(F)c(F)c2c1C(=O)N([C@H]1CCC(=O)NC1=O)C2=O. The lowest BCUT2D eigenvalue weighted by Gasteiger charge is -2.27. The average molecular weight is 354 g/mol. The number of hydrogen-bond acceptors (Lipinski definition) is 4. The third-order valence-corrected chi connectivity index (χ3v) is 4.33. The van der Waals surface area contributed by atoms with Crippen molar-refractivity contribution in [2.75, 3.05) is 0 Å². The minimum absolute atomic E-state index is 0.119. The first-order valence-electron chi connectivity index (χ1n) is 7.58. The number of rotatable bonds is 2. The number of piperidine rings is 1. The first-order chi connectivity index (χ1) is 11.7. The molecule has 132 valence electrons. The zero-order valence-corrected chi connectivity index (χ0v) is 13.3. The Kier molecular flexibility index (Phi) is 3.89. The van der Waals surface area contributed by atoms with E-state index in [4.69, 9.17) is 0 Å². The molecule has 2 aliphatic rings. The molecule has 0 aromatic heterocycles. The number of carbonyl (C=O) groups excluding carboxylic acids is 4. The van der Waals surface area contributed by atoms with Crippen molar-refractivity contribution in [3.8, 4) is 0 Å². The van der Waals surface area contributed by atoms with E-state index >= 15 is 0 Å². The summed E-state index contributed by atoms with van der Waals surface area (Å²) in [4.78, 5) is 48.8. The fourth-order valence-corrected chi connectivity index (χ4v) is 3.19. The topological polar surface area (TPSA) is 83.6 Å². The summed E-state index contributed by atoms with van der Waals surface area (Å²) >= 11 is 0. The molecule has 9 heteroatoms. The third-order valence-electron chi connectivity index (χ3n) is 4.33. The second kappa shape index (κ2) is 5.68. The highest BCUT2D eigenvalue weighted by atomic mass is 19.2. The first kappa shape index (κ1) is 17.1. The summed E-state index contributed by atoms with van der Waals surface area (Å²) in [5.41, 5.74) is -1.86.